The van der Waals surface area contributed by atoms with E-state index < -0.39 is 17.9 Å². The number of likely N-dealkylation sites (N-methyl/N-ethyl adjacent to an activating group) is 2. The Labute approximate surface area is 208 Å². The number of hydroxylamine groups is 1. The van der Waals surface area contributed by atoms with Crippen molar-refractivity contribution in [1.82, 2.24) is 20.1 Å². The van der Waals surface area contributed by atoms with Crippen LogP contribution in [-0.2, 0) is 10.9 Å². The number of nitrogens with zero attached hydrogens (tertiary/aromatic N) is 6. The van der Waals surface area contributed by atoms with Gasteiger partial charge in [-0.15, -0.1) is 5.17 Å². The summed E-state index contributed by atoms with van der Waals surface area (Å²) in [4.78, 5) is 10.9. The number of aromatic nitrogens is 2. The molecule has 1 aromatic heterocycles. The van der Waals surface area contributed by atoms with Crippen molar-refractivity contribution in [3.8, 4) is 0 Å². The van der Waals surface area contributed by atoms with E-state index in [1.165, 1.54) is 13.1 Å². The number of ether oxygens (including phenoxy) is 1. The van der Waals surface area contributed by atoms with Gasteiger partial charge in [-0.1, -0.05) is 6.92 Å². The molecule has 0 aromatic carbocycles. The summed E-state index contributed by atoms with van der Waals surface area (Å²) in [5.41, 5.74) is -0.321. The Morgan fingerprint density at radius 3 is 2.33 bits per heavy atom. The molecule has 1 aliphatic heterocycles. The van der Waals surface area contributed by atoms with Crippen molar-refractivity contribution in [2.24, 2.45) is 5.41 Å². The zero-order chi connectivity index (χ0) is 26.6. The van der Waals surface area contributed by atoms with Gasteiger partial charge in [0.05, 0.1) is 13.2 Å². The second-order valence-corrected chi connectivity index (χ2v) is 9.86. The highest BCUT2D eigenvalue weighted by Crippen LogP contribution is 2.48. The monoisotopic (exact) mass is 524 g/mol. The molecule has 0 bridgehead atoms. The topological polar surface area (TPSA) is 68.2 Å². The highest BCUT2D eigenvalue weighted by Gasteiger charge is 2.45. The second kappa shape index (κ2) is 11.7. The van der Waals surface area contributed by atoms with Crippen LogP contribution in [0.5, 0.6) is 0 Å². The van der Waals surface area contributed by atoms with E-state index in [4.69, 9.17) is 4.74 Å². The molecule has 1 aromatic rings. The van der Waals surface area contributed by atoms with Crippen LogP contribution in [0.1, 0.15) is 51.3 Å². The van der Waals surface area contributed by atoms with Gasteiger partial charge in [-0.2, -0.15) is 13.2 Å². The number of hydrogen-bond acceptors (Lipinski definition) is 8. The van der Waals surface area contributed by atoms with Gasteiger partial charge in [0, 0.05) is 65.7 Å². The molecule has 1 saturated heterocycles. The molecule has 1 N–H and O–H groups in total. The van der Waals surface area contributed by atoms with Crippen molar-refractivity contribution in [3.05, 3.63) is 11.9 Å². The number of piperidine rings is 1. The Bertz CT molecular complexity index is 847. The predicted octanol–water partition coefficient (Wildman–Crippen LogP) is 4.30. The van der Waals surface area contributed by atoms with E-state index in [0.717, 1.165) is 11.6 Å². The number of halogens is 5. The molecule has 2 heterocycles. The Morgan fingerprint density at radius 2 is 1.72 bits per heavy atom. The number of rotatable bonds is 10. The number of hydrogen-bond donors (Lipinski definition) is 1. The Morgan fingerprint density at radius 1 is 1.06 bits per heavy atom. The summed E-state index contributed by atoms with van der Waals surface area (Å²) in [6.45, 7) is 4.78. The van der Waals surface area contributed by atoms with Crippen molar-refractivity contribution in [2.45, 2.75) is 57.5 Å². The Kier molecular flexibility index (Phi) is 9.34. The molecule has 2 fully saturated rings. The molecule has 36 heavy (non-hydrogen) atoms. The maximum absolute atomic E-state index is 13.7. The third-order valence-corrected chi connectivity index (χ3v) is 7.21. The van der Waals surface area contributed by atoms with Gasteiger partial charge < -0.3 is 14.5 Å². The minimum Gasteiger partial charge on any atom is -0.378 e. The Balaban J connectivity index is 1.68. The molecule has 3 rings (SSSR count). The average molecular weight is 525 g/mol. The number of anilines is 2. The summed E-state index contributed by atoms with van der Waals surface area (Å²) in [7, 11) is 3.15. The molecule has 1 aliphatic carbocycles. The van der Waals surface area contributed by atoms with Gasteiger partial charge in [0.2, 0.25) is 11.7 Å². The lowest BCUT2D eigenvalue weighted by atomic mass is 9.68. The summed E-state index contributed by atoms with van der Waals surface area (Å²) < 4.78 is 74.0. The van der Waals surface area contributed by atoms with E-state index >= 15 is 0 Å². The molecule has 13 heteroatoms. The fourth-order valence-electron chi connectivity index (χ4n) is 4.96. The molecular formula is C23H37F5N6O2. The van der Waals surface area contributed by atoms with Crippen LogP contribution in [0.2, 0.25) is 0 Å². The van der Waals surface area contributed by atoms with E-state index in [2.05, 4.69) is 9.97 Å². The van der Waals surface area contributed by atoms with E-state index in [1.807, 2.05) is 6.92 Å². The van der Waals surface area contributed by atoms with Gasteiger partial charge >= 0.3 is 6.18 Å². The third kappa shape index (κ3) is 7.59. The summed E-state index contributed by atoms with van der Waals surface area (Å²) in [5.74, 6) is -3.59. The van der Waals surface area contributed by atoms with Gasteiger partial charge in [-0.3, -0.25) is 5.21 Å². The molecule has 2 aliphatic rings. The lowest BCUT2D eigenvalue weighted by Gasteiger charge is -2.47. The molecule has 1 spiro atoms. The number of hydrazine groups is 1. The van der Waals surface area contributed by atoms with Crippen molar-refractivity contribution in [3.63, 3.8) is 0 Å². The predicted molar refractivity (Wildman–Crippen MR) is 125 cm³/mol. The van der Waals surface area contributed by atoms with Gasteiger partial charge in [-0.25, -0.2) is 23.8 Å². The molecule has 0 radical (unpaired) electrons. The largest absolute Gasteiger partial charge is 0.451 e. The summed E-state index contributed by atoms with van der Waals surface area (Å²) in [5, 5.41) is 12.1. The molecule has 1 saturated carbocycles. The van der Waals surface area contributed by atoms with Crippen LogP contribution in [0.15, 0.2) is 6.07 Å². The van der Waals surface area contributed by atoms with Crippen LogP contribution in [0, 0.1) is 5.41 Å². The average Bonchev–Trinajstić information content (AvgIpc) is 2.82. The van der Waals surface area contributed by atoms with Crippen LogP contribution in [0.4, 0.5) is 33.6 Å². The minimum atomic E-state index is -4.72. The molecule has 0 amide bonds. The van der Waals surface area contributed by atoms with E-state index in [-0.39, 0.29) is 36.5 Å². The normalized spacial score (nSPS) is 19.9. The van der Waals surface area contributed by atoms with Crippen molar-refractivity contribution in [1.29, 1.82) is 0 Å². The fourth-order valence-corrected chi connectivity index (χ4v) is 4.96. The molecule has 0 unspecified atom stereocenters. The zero-order valence-electron chi connectivity index (χ0n) is 21.2. The molecular weight excluding hydrogens is 487 g/mol. The summed E-state index contributed by atoms with van der Waals surface area (Å²) >= 11 is 0. The van der Waals surface area contributed by atoms with Crippen LogP contribution in [0.3, 0.4) is 0 Å². The quantitative estimate of drug-likeness (QED) is 0.276. The zero-order valence-corrected chi connectivity index (χ0v) is 21.2. The van der Waals surface area contributed by atoms with Crippen molar-refractivity contribution >= 4 is 11.6 Å². The van der Waals surface area contributed by atoms with Crippen molar-refractivity contribution < 1.29 is 31.9 Å². The van der Waals surface area contributed by atoms with Gasteiger partial charge in [0.25, 0.3) is 0 Å². The molecule has 0 atom stereocenters. The van der Waals surface area contributed by atoms with Crippen LogP contribution in [-0.4, -0.2) is 91.3 Å². The summed E-state index contributed by atoms with van der Waals surface area (Å²) in [6, 6.07) is 1.53. The minimum absolute atomic E-state index is 0.121. The first kappa shape index (κ1) is 28.7. The van der Waals surface area contributed by atoms with Crippen LogP contribution < -0.4 is 9.80 Å². The molecule has 206 valence electrons. The first-order chi connectivity index (χ1) is 16.8. The SMILES string of the molecule is CCN(CCOCCN(C)c1cc(N2CCCC3(CCC(F)(F)CC3)C2)nc(C(F)(F)F)n1)N(C)O. The second-order valence-electron chi connectivity index (χ2n) is 9.86. The summed E-state index contributed by atoms with van der Waals surface area (Å²) in [6.07, 6.45) is -2.86. The lowest BCUT2D eigenvalue weighted by molar-refractivity contribution is -0.228. The smallest absolute Gasteiger partial charge is 0.378 e. The maximum Gasteiger partial charge on any atom is 0.451 e. The van der Waals surface area contributed by atoms with Gasteiger partial charge in [0.1, 0.15) is 11.6 Å². The van der Waals surface area contributed by atoms with E-state index in [9.17, 15) is 27.2 Å². The highest BCUT2D eigenvalue weighted by molar-refractivity contribution is 5.51. The van der Waals surface area contributed by atoms with Gasteiger partial charge in [-0.05, 0) is 31.1 Å². The highest BCUT2D eigenvalue weighted by atomic mass is 19.4. The standard InChI is InChI=1S/C23H37F5N6O2/c1-4-34(32(3)35)13-15-36-14-12-31(2)18-16-19(30-20(29-18)23(26,27)28)33-11-5-6-21(17-33)7-9-22(24,25)10-8-21/h16,35H,4-15,17H2,1-3H3. The van der Waals surface area contributed by atoms with Gasteiger partial charge in [0.15, 0.2) is 0 Å². The van der Waals surface area contributed by atoms with Crippen molar-refractivity contribution in [2.75, 3.05) is 69.8 Å². The van der Waals surface area contributed by atoms with E-state index in [0.29, 0.717) is 58.6 Å². The first-order valence-corrected chi connectivity index (χ1v) is 12.4. The first-order valence-electron chi connectivity index (χ1n) is 12.4. The third-order valence-electron chi connectivity index (χ3n) is 7.21. The number of alkyl halides is 5. The van der Waals surface area contributed by atoms with Crippen LogP contribution >= 0.6 is 0 Å². The Hall–Kier alpha value is -1.83. The molecule has 8 nitrogen and oxygen atoms in total. The fraction of sp³-hybridized carbons (Fsp3) is 0.826. The maximum atomic E-state index is 13.7. The van der Waals surface area contributed by atoms with Crippen LogP contribution in [0.25, 0.3) is 0 Å². The lowest BCUT2D eigenvalue weighted by Crippen LogP contribution is -2.47. The van der Waals surface area contributed by atoms with E-state index in [1.54, 1.807) is 21.9 Å².